The van der Waals surface area contributed by atoms with Gasteiger partial charge in [0.05, 0.1) is 27.5 Å². The summed E-state index contributed by atoms with van der Waals surface area (Å²) in [6.07, 6.45) is 2.36. The third-order valence-electron chi connectivity index (χ3n) is 2.71. The van der Waals surface area contributed by atoms with E-state index in [1.165, 1.54) is 4.70 Å². The molecule has 4 N–H and O–H groups in total. The number of benzene rings is 1. The molecule has 0 aliphatic rings. The van der Waals surface area contributed by atoms with Gasteiger partial charge < -0.3 is 0 Å². The highest BCUT2D eigenvalue weighted by atomic mass is 32.1. The third kappa shape index (κ3) is 2.10. The monoisotopic (exact) mass is 260 g/mol. The second-order valence-electron chi connectivity index (χ2n) is 3.89. The Bertz CT molecular complexity index is 599. The van der Waals surface area contributed by atoms with Gasteiger partial charge in [0.2, 0.25) is 0 Å². The van der Waals surface area contributed by atoms with Gasteiger partial charge in [0.1, 0.15) is 5.69 Å². The van der Waals surface area contributed by atoms with Crippen LogP contribution in [-0.2, 0) is 6.42 Å². The quantitative estimate of drug-likeness (QED) is 0.483. The van der Waals surface area contributed by atoms with E-state index in [4.69, 9.17) is 5.84 Å². The maximum absolute atomic E-state index is 5.55. The number of fused-ring (bicyclic) bond motifs is 1. The molecule has 0 amide bonds. The van der Waals surface area contributed by atoms with Gasteiger partial charge in [-0.1, -0.05) is 12.1 Å². The average molecular weight is 260 g/mol. The molecule has 3 aromatic rings. The molecule has 92 valence electrons. The summed E-state index contributed by atoms with van der Waals surface area (Å²) in [6, 6.07) is 8.00. The van der Waals surface area contributed by atoms with E-state index in [2.05, 4.69) is 31.9 Å². The number of para-hydroxylation sites is 1. The molecule has 0 radical (unpaired) electrons. The van der Waals surface area contributed by atoms with Crippen molar-refractivity contribution in [3.63, 3.8) is 0 Å². The Morgan fingerprint density at radius 3 is 3.00 bits per heavy atom. The molecule has 0 spiro atoms. The van der Waals surface area contributed by atoms with Crippen molar-refractivity contribution in [1.29, 1.82) is 0 Å². The van der Waals surface area contributed by atoms with Gasteiger partial charge in [0, 0.05) is 6.42 Å². The molecule has 1 atom stereocenters. The molecule has 1 aromatic carbocycles. The van der Waals surface area contributed by atoms with Crippen LogP contribution in [0.25, 0.3) is 10.2 Å². The molecule has 0 aliphatic carbocycles. The van der Waals surface area contributed by atoms with Crippen LogP contribution in [0.3, 0.4) is 0 Å². The summed E-state index contributed by atoms with van der Waals surface area (Å²) in [4.78, 5) is 4.57. The van der Waals surface area contributed by atoms with Gasteiger partial charge in [-0.15, -0.1) is 11.3 Å². The Balaban J connectivity index is 1.86. The van der Waals surface area contributed by atoms with E-state index in [1.807, 2.05) is 18.2 Å². The first-order chi connectivity index (χ1) is 8.86. The highest BCUT2D eigenvalue weighted by molar-refractivity contribution is 7.18. The van der Waals surface area contributed by atoms with Gasteiger partial charge in [-0.05, 0) is 12.1 Å². The van der Waals surface area contributed by atoms with Crippen molar-refractivity contribution in [3.05, 3.63) is 41.2 Å². The summed E-state index contributed by atoms with van der Waals surface area (Å²) < 4.78 is 1.18. The fraction of sp³-hybridized carbons (Fsp3) is 0.182. The number of rotatable bonds is 4. The molecule has 2 aromatic heterocycles. The van der Waals surface area contributed by atoms with Gasteiger partial charge >= 0.3 is 0 Å². The molecule has 0 fully saturated rings. The summed E-state index contributed by atoms with van der Waals surface area (Å²) in [5.41, 5.74) is 4.55. The molecule has 0 bridgehead atoms. The zero-order valence-corrected chi connectivity index (χ0v) is 10.3. The minimum absolute atomic E-state index is 0.0793. The topological polar surface area (TPSA) is 92.5 Å². The minimum atomic E-state index is -0.0793. The maximum atomic E-state index is 5.55. The molecule has 1 unspecified atom stereocenters. The average Bonchev–Trinajstić information content (AvgIpc) is 3.04. The Morgan fingerprint density at radius 1 is 1.39 bits per heavy atom. The van der Waals surface area contributed by atoms with Crippen molar-refractivity contribution in [2.45, 2.75) is 12.5 Å². The van der Waals surface area contributed by atoms with E-state index in [1.54, 1.807) is 17.5 Å². The highest BCUT2D eigenvalue weighted by Crippen LogP contribution is 2.24. The molecule has 6 nitrogen and oxygen atoms in total. The summed E-state index contributed by atoms with van der Waals surface area (Å²) in [5.74, 6) is 5.55. The van der Waals surface area contributed by atoms with E-state index >= 15 is 0 Å². The van der Waals surface area contributed by atoms with Gasteiger partial charge in [-0.2, -0.15) is 15.4 Å². The van der Waals surface area contributed by atoms with Gasteiger partial charge in [-0.3, -0.25) is 11.3 Å². The van der Waals surface area contributed by atoms with Gasteiger partial charge in [-0.25, -0.2) is 4.98 Å². The number of thiazole rings is 1. The summed E-state index contributed by atoms with van der Waals surface area (Å²) in [6.45, 7) is 0. The summed E-state index contributed by atoms with van der Waals surface area (Å²) >= 11 is 1.67. The number of aromatic nitrogens is 4. The van der Waals surface area contributed by atoms with E-state index in [0.717, 1.165) is 16.2 Å². The molecule has 7 heteroatoms. The smallest absolute Gasteiger partial charge is 0.101 e. The van der Waals surface area contributed by atoms with Crippen molar-refractivity contribution in [2.24, 2.45) is 5.84 Å². The molecular formula is C11H12N6S. The van der Waals surface area contributed by atoms with Crippen LogP contribution in [0.4, 0.5) is 0 Å². The lowest BCUT2D eigenvalue weighted by atomic mass is 10.2. The number of hydrogen-bond acceptors (Lipinski definition) is 6. The Hall–Kier alpha value is -1.83. The Kier molecular flexibility index (Phi) is 3.01. The minimum Gasteiger partial charge on any atom is -0.271 e. The first-order valence-electron chi connectivity index (χ1n) is 5.53. The van der Waals surface area contributed by atoms with Gasteiger partial charge in [0.25, 0.3) is 0 Å². The van der Waals surface area contributed by atoms with Crippen LogP contribution in [0.1, 0.15) is 16.7 Å². The number of H-pyrrole nitrogens is 1. The lowest BCUT2D eigenvalue weighted by molar-refractivity contribution is 0.536. The van der Waals surface area contributed by atoms with E-state index in [0.29, 0.717) is 6.42 Å². The Morgan fingerprint density at radius 2 is 2.28 bits per heavy atom. The molecule has 18 heavy (non-hydrogen) atoms. The molecule has 0 saturated heterocycles. The van der Waals surface area contributed by atoms with Crippen LogP contribution in [0, 0.1) is 0 Å². The zero-order chi connectivity index (χ0) is 12.4. The molecule has 3 rings (SSSR count). The lowest BCUT2D eigenvalue weighted by Gasteiger charge is -2.10. The van der Waals surface area contributed by atoms with E-state index < -0.39 is 0 Å². The second kappa shape index (κ2) is 4.81. The van der Waals surface area contributed by atoms with E-state index in [9.17, 15) is 0 Å². The number of aromatic amines is 1. The number of nitrogens with one attached hydrogen (secondary N) is 2. The molecule has 0 aliphatic heterocycles. The maximum Gasteiger partial charge on any atom is 0.101 e. The van der Waals surface area contributed by atoms with Crippen molar-refractivity contribution < 1.29 is 0 Å². The van der Waals surface area contributed by atoms with Gasteiger partial charge in [0.15, 0.2) is 0 Å². The largest absolute Gasteiger partial charge is 0.271 e. The fourth-order valence-corrected chi connectivity index (χ4v) is 2.82. The predicted octanol–water partition coefficient (Wildman–Crippen LogP) is 1.16. The summed E-state index contributed by atoms with van der Waals surface area (Å²) in [7, 11) is 0. The number of hydrazine groups is 1. The third-order valence-corrected chi connectivity index (χ3v) is 3.77. The van der Waals surface area contributed by atoms with Crippen LogP contribution in [0.2, 0.25) is 0 Å². The van der Waals surface area contributed by atoms with Crippen molar-refractivity contribution >= 4 is 21.6 Å². The highest BCUT2D eigenvalue weighted by Gasteiger charge is 2.15. The van der Waals surface area contributed by atoms with Crippen molar-refractivity contribution in [2.75, 3.05) is 0 Å². The fourth-order valence-electron chi connectivity index (χ4n) is 1.81. The van der Waals surface area contributed by atoms with Crippen molar-refractivity contribution in [3.8, 4) is 0 Å². The van der Waals surface area contributed by atoms with Crippen LogP contribution in [0.5, 0.6) is 0 Å². The summed E-state index contributed by atoms with van der Waals surface area (Å²) in [5, 5.41) is 11.4. The van der Waals surface area contributed by atoms with Crippen LogP contribution in [-0.4, -0.2) is 20.4 Å². The number of hydrogen-bond donors (Lipinski definition) is 3. The predicted molar refractivity (Wildman–Crippen MR) is 69.8 cm³/mol. The molecule has 2 heterocycles. The molecule has 0 saturated carbocycles. The lowest BCUT2D eigenvalue weighted by Crippen LogP contribution is -2.29. The Labute approximate surface area is 107 Å². The standard InChI is InChI=1S/C11H12N6S/c12-15-8(9-6-13-17-16-9)5-11-14-7-3-1-2-4-10(7)18-11/h1-4,6,8,15H,5,12H2,(H,13,16,17). The second-order valence-corrected chi connectivity index (χ2v) is 5.01. The number of nitrogens with two attached hydrogens (primary N) is 1. The SMILES string of the molecule is NNC(Cc1nc2ccccc2s1)c1cn[nH]n1. The van der Waals surface area contributed by atoms with Crippen molar-refractivity contribution in [1.82, 2.24) is 25.8 Å². The normalized spacial score (nSPS) is 12.9. The van der Waals surface area contributed by atoms with Crippen LogP contribution in [0.15, 0.2) is 30.5 Å². The first kappa shape index (κ1) is 11.3. The van der Waals surface area contributed by atoms with Crippen LogP contribution < -0.4 is 11.3 Å². The first-order valence-corrected chi connectivity index (χ1v) is 6.34. The van der Waals surface area contributed by atoms with E-state index in [-0.39, 0.29) is 6.04 Å². The van der Waals surface area contributed by atoms with Crippen LogP contribution >= 0.6 is 11.3 Å². The zero-order valence-electron chi connectivity index (χ0n) is 9.50. The molecular weight excluding hydrogens is 248 g/mol. The number of nitrogens with zero attached hydrogens (tertiary/aromatic N) is 3.